The van der Waals surface area contributed by atoms with Crippen LogP contribution in [0.25, 0.3) is 0 Å². The number of nitrogens with one attached hydrogen (secondary N) is 1. The second-order valence-corrected chi connectivity index (χ2v) is 16.4. The van der Waals surface area contributed by atoms with Gasteiger partial charge in [0.25, 0.3) is 0 Å². The Morgan fingerprint density at radius 3 is 1.91 bits per heavy atom. The highest BCUT2D eigenvalue weighted by molar-refractivity contribution is 14.1. The first-order valence-corrected chi connectivity index (χ1v) is 19.7. The Hall–Kier alpha value is -3.02. The minimum atomic E-state index is -0.548. The Bertz CT molecular complexity index is 1440. The highest BCUT2D eigenvalue weighted by Crippen LogP contribution is 2.40. The van der Waals surface area contributed by atoms with Crippen molar-refractivity contribution in [3.63, 3.8) is 0 Å². The third-order valence-corrected chi connectivity index (χ3v) is 13.2. The van der Waals surface area contributed by atoms with Crippen molar-refractivity contribution in [1.82, 2.24) is 0 Å². The lowest BCUT2D eigenvalue weighted by molar-refractivity contribution is -0.116. The molecule has 0 spiro atoms. The van der Waals surface area contributed by atoms with Crippen LogP contribution in [0, 0.1) is 11.8 Å². The van der Waals surface area contributed by atoms with Crippen molar-refractivity contribution in [2.45, 2.75) is 69.1 Å². The molecular formula is C41H49INO3P. The summed E-state index contributed by atoms with van der Waals surface area (Å²) in [5.74, 6) is 1.22. The molecule has 0 fully saturated rings. The first-order valence-electron chi connectivity index (χ1n) is 17.0. The van der Waals surface area contributed by atoms with Gasteiger partial charge in [-0.15, -0.1) is 0 Å². The van der Waals surface area contributed by atoms with Crippen molar-refractivity contribution in [2.75, 3.05) is 18.1 Å². The van der Waals surface area contributed by atoms with Crippen LogP contribution in [0.2, 0.25) is 0 Å². The van der Waals surface area contributed by atoms with Gasteiger partial charge in [-0.2, -0.15) is 0 Å². The van der Waals surface area contributed by atoms with E-state index in [-0.39, 0.29) is 15.8 Å². The smallest absolute Gasteiger partial charge is 0.338 e. The average molecular weight is 762 g/mol. The van der Waals surface area contributed by atoms with E-state index in [1.165, 1.54) is 29.0 Å². The molecule has 0 heterocycles. The highest BCUT2D eigenvalue weighted by atomic mass is 127. The van der Waals surface area contributed by atoms with Gasteiger partial charge in [0.1, 0.15) is 6.61 Å². The predicted molar refractivity (Wildman–Crippen MR) is 208 cm³/mol. The van der Waals surface area contributed by atoms with Crippen LogP contribution in [-0.4, -0.2) is 28.6 Å². The maximum absolute atomic E-state index is 13.0. The summed E-state index contributed by atoms with van der Waals surface area (Å²) in [4.78, 5) is 25.7. The summed E-state index contributed by atoms with van der Waals surface area (Å²) in [6.45, 7) is 7.16. The molecule has 0 radical (unpaired) electrons. The maximum atomic E-state index is 13.0. The number of benzene rings is 4. The second kappa shape index (κ2) is 19.7. The molecule has 248 valence electrons. The number of carbonyl (C=O) groups excluding carboxylic acids is 2. The van der Waals surface area contributed by atoms with E-state index in [9.17, 15) is 9.59 Å². The van der Waals surface area contributed by atoms with Crippen LogP contribution in [0.4, 0.5) is 5.69 Å². The molecule has 4 nitrogen and oxygen atoms in total. The van der Waals surface area contributed by atoms with Gasteiger partial charge < -0.3 is 10.1 Å². The summed E-state index contributed by atoms with van der Waals surface area (Å²) < 4.78 is 5.91. The van der Waals surface area contributed by atoms with Crippen LogP contribution in [-0.2, 0) is 9.53 Å². The number of amides is 1. The molecule has 4 unspecified atom stereocenters. The number of halogens is 1. The van der Waals surface area contributed by atoms with Gasteiger partial charge in [0.15, 0.2) is 0 Å². The van der Waals surface area contributed by atoms with Gasteiger partial charge in [0, 0.05) is 16.0 Å². The van der Waals surface area contributed by atoms with Crippen LogP contribution in [0.15, 0.2) is 115 Å². The van der Waals surface area contributed by atoms with Gasteiger partial charge in [-0.05, 0) is 91.5 Å². The molecule has 4 rings (SSSR count). The summed E-state index contributed by atoms with van der Waals surface area (Å²) in [5.41, 5.74) is 2.51. The molecule has 1 N–H and O–H groups in total. The lowest BCUT2D eigenvalue weighted by Gasteiger charge is -2.25. The summed E-state index contributed by atoms with van der Waals surface area (Å²) in [6.07, 6.45) is 6.73. The van der Waals surface area contributed by atoms with E-state index in [4.69, 9.17) is 4.74 Å². The van der Waals surface area contributed by atoms with Gasteiger partial charge in [-0.3, -0.25) is 4.79 Å². The molecule has 0 saturated heterocycles. The van der Waals surface area contributed by atoms with Crippen molar-refractivity contribution in [2.24, 2.45) is 11.8 Å². The Morgan fingerprint density at radius 2 is 1.34 bits per heavy atom. The maximum Gasteiger partial charge on any atom is 0.338 e. The third kappa shape index (κ3) is 12.2. The van der Waals surface area contributed by atoms with Crippen molar-refractivity contribution >= 4 is 58.7 Å². The molecule has 4 aromatic carbocycles. The number of hydrogen-bond acceptors (Lipinski definition) is 3. The number of esters is 1. The van der Waals surface area contributed by atoms with Gasteiger partial charge in [-0.1, -0.05) is 147 Å². The van der Waals surface area contributed by atoms with E-state index in [2.05, 4.69) is 140 Å². The lowest BCUT2D eigenvalue weighted by atomic mass is 9.95. The first kappa shape index (κ1) is 36.8. The SMILES string of the molecule is CCC(C)CCC(C)C(I)COC(=O)c1ccc(NC(=O)CCCC(CP(c2ccccc2)c2ccccc2)c2ccccc2)cc1. The summed E-state index contributed by atoms with van der Waals surface area (Å²) in [7, 11) is -0.548. The van der Waals surface area contributed by atoms with E-state index in [1.807, 2.05) is 0 Å². The molecule has 0 aliphatic rings. The van der Waals surface area contributed by atoms with Crippen molar-refractivity contribution < 1.29 is 14.3 Å². The van der Waals surface area contributed by atoms with E-state index in [0.29, 0.717) is 36.1 Å². The number of ether oxygens (including phenoxy) is 1. The minimum absolute atomic E-state index is 0.0142. The van der Waals surface area contributed by atoms with E-state index >= 15 is 0 Å². The average Bonchev–Trinajstić information content (AvgIpc) is 3.12. The van der Waals surface area contributed by atoms with Gasteiger partial charge in [-0.25, -0.2) is 4.79 Å². The number of carbonyl (C=O) groups is 2. The van der Waals surface area contributed by atoms with Crippen molar-refractivity contribution in [1.29, 1.82) is 0 Å². The normalized spacial score (nSPS) is 13.8. The Morgan fingerprint density at radius 1 is 0.766 bits per heavy atom. The Kier molecular flexibility index (Phi) is 15.4. The summed E-state index contributed by atoms with van der Waals surface area (Å²) in [5, 5.41) is 5.77. The number of anilines is 1. The Labute approximate surface area is 297 Å². The molecule has 0 aliphatic carbocycles. The van der Waals surface area contributed by atoms with Crippen LogP contribution < -0.4 is 15.9 Å². The fraction of sp³-hybridized carbons (Fsp3) is 0.366. The fourth-order valence-corrected chi connectivity index (χ4v) is 8.80. The molecule has 0 bridgehead atoms. The quantitative estimate of drug-likeness (QED) is 0.0476. The monoisotopic (exact) mass is 761 g/mol. The molecule has 1 amide bonds. The zero-order valence-electron chi connectivity index (χ0n) is 28.0. The van der Waals surface area contributed by atoms with Crippen molar-refractivity contribution in [3.8, 4) is 0 Å². The zero-order valence-corrected chi connectivity index (χ0v) is 31.0. The third-order valence-electron chi connectivity index (χ3n) is 8.97. The summed E-state index contributed by atoms with van der Waals surface area (Å²) in [6, 6.07) is 39.4. The molecule has 4 atom stereocenters. The van der Waals surface area contributed by atoms with Gasteiger partial charge >= 0.3 is 5.97 Å². The van der Waals surface area contributed by atoms with Crippen LogP contribution >= 0.6 is 30.5 Å². The number of alkyl halides is 1. The molecule has 6 heteroatoms. The fourth-order valence-electron chi connectivity index (χ4n) is 5.64. The van der Waals surface area contributed by atoms with Crippen LogP contribution in [0.5, 0.6) is 0 Å². The Balaban J connectivity index is 1.29. The summed E-state index contributed by atoms with van der Waals surface area (Å²) >= 11 is 2.40. The molecule has 4 aromatic rings. The molecule has 47 heavy (non-hydrogen) atoms. The van der Waals surface area contributed by atoms with E-state index in [0.717, 1.165) is 31.3 Å². The van der Waals surface area contributed by atoms with Crippen LogP contribution in [0.1, 0.15) is 81.1 Å². The lowest BCUT2D eigenvalue weighted by Crippen LogP contribution is -2.21. The van der Waals surface area contributed by atoms with Crippen LogP contribution in [0.3, 0.4) is 0 Å². The molecule has 0 aromatic heterocycles. The highest BCUT2D eigenvalue weighted by Gasteiger charge is 2.22. The van der Waals surface area contributed by atoms with E-state index < -0.39 is 7.92 Å². The zero-order chi connectivity index (χ0) is 33.4. The van der Waals surface area contributed by atoms with Gasteiger partial charge in [0.05, 0.1) is 5.56 Å². The van der Waals surface area contributed by atoms with Crippen molar-refractivity contribution in [3.05, 3.63) is 126 Å². The molecular weight excluding hydrogens is 712 g/mol. The number of rotatable bonds is 18. The minimum Gasteiger partial charge on any atom is -0.461 e. The number of hydrogen-bond donors (Lipinski definition) is 1. The molecule has 0 aliphatic heterocycles. The van der Waals surface area contributed by atoms with Gasteiger partial charge in [0.2, 0.25) is 5.91 Å². The topological polar surface area (TPSA) is 55.4 Å². The largest absolute Gasteiger partial charge is 0.461 e. The first-order chi connectivity index (χ1) is 22.8. The molecule has 0 saturated carbocycles. The van der Waals surface area contributed by atoms with E-state index in [1.54, 1.807) is 24.3 Å². The standard InChI is InChI=1S/C41H49INO3P/c1-4-31(2)23-24-32(3)39(42)29-46-41(45)34-25-27-36(28-26-34)43-40(44)22-14-17-35(33-15-8-5-9-16-33)30-47(37-18-10-6-11-19-37)38-20-12-7-13-21-38/h5-13,15-16,18-21,25-28,31-32,35,39H,4,14,17,22-24,29-30H2,1-3H3,(H,43,44). The predicted octanol–water partition coefficient (Wildman–Crippen LogP) is 10.1. The second-order valence-electron chi connectivity index (χ2n) is 12.6.